The van der Waals surface area contributed by atoms with Crippen LogP contribution in [0.15, 0.2) is 18.2 Å². The first-order valence-corrected chi connectivity index (χ1v) is 9.82. The highest BCUT2D eigenvalue weighted by atomic mass is 28.2. The molecular weight excluding hydrogens is 318 g/mol. The Kier molecular flexibility index (Phi) is 9.55. The van der Waals surface area contributed by atoms with Crippen LogP contribution in [0.2, 0.25) is 6.04 Å². The van der Waals surface area contributed by atoms with E-state index in [1.54, 1.807) is 0 Å². The third-order valence-electron chi connectivity index (χ3n) is 3.13. The largest absolute Gasteiger partial charge is 0.379 e. The summed E-state index contributed by atoms with van der Waals surface area (Å²) in [5.41, 5.74) is 0.568. The molecule has 23 heavy (non-hydrogen) atoms. The maximum atomic E-state index is 13.5. The van der Waals surface area contributed by atoms with E-state index in [9.17, 15) is 8.78 Å². The summed E-state index contributed by atoms with van der Waals surface area (Å²) in [4.78, 5) is 0. The normalized spacial score (nSPS) is 12.4. The zero-order valence-electron chi connectivity index (χ0n) is 14.5. The number of aryl methyl sites for hydroxylation is 1. The van der Waals surface area contributed by atoms with Crippen LogP contribution < -0.4 is 0 Å². The topological polar surface area (TPSA) is 27.7 Å². The molecule has 0 aliphatic rings. The lowest BCUT2D eigenvalue weighted by Gasteiger charge is -2.23. The monoisotopic (exact) mass is 346 g/mol. The molecule has 0 saturated heterocycles. The number of halogens is 2. The maximum Gasteiger partial charge on any atom is 0.262 e. The number of unbranched alkanes of at least 4 members (excludes halogenated alkanes) is 1. The minimum Gasteiger partial charge on any atom is -0.379 e. The molecule has 0 fully saturated rings. The van der Waals surface area contributed by atoms with Crippen molar-refractivity contribution in [3.63, 3.8) is 0 Å². The van der Waals surface area contributed by atoms with Crippen LogP contribution in [-0.2, 0) is 20.3 Å². The van der Waals surface area contributed by atoms with E-state index >= 15 is 0 Å². The van der Waals surface area contributed by atoms with Gasteiger partial charge >= 0.3 is 0 Å². The second-order valence-electron chi connectivity index (χ2n) is 6.08. The van der Waals surface area contributed by atoms with Crippen molar-refractivity contribution in [2.45, 2.75) is 71.7 Å². The van der Waals surface area contributed by atoms with Gasteiger partial charge in [0.25, 0.3) is 6.48 Å². The first kappa shape index (κ1) is 20.2. The van der Waals surface area contributed by atoms with E-state index in [-0.39, 0.29) is 12.2 Å². The molecule has 0 saturated carbocycles. The Morgan fingerprint density at radius 2 is 1.65 bits per heavy atom. The fraction of sp³-hybridized carbons (Fsp3) is 0.647. The summed E-state index contributed by atoms with van der Waals surface area (Å²) >= 11 is 0. The minimum absolute atomic E-state index is 0.0502. The minimum atomic E-state index is -0.742. The van der Waals surface area contributed by atoms with Crippen LogP contribution in [-0.4, -0.2) is 28.4 Å². The summed E-state index contributed by atoms with van der Waals surface area (Å²) in [7, 11) is -0.742. The number of rotatable bonds is 11. The highest BCUT2D eigenvalue weighted by Crippen LogP contribution is 2.13. The number of ether oxygens (including phenoxy) is 2. The average molecular weight is 346 g/mol. The molecule has 1 rings (SSSR count). The summed E-state index contributed by atoms with van der Waals surface area (Å²) in [6.45, 7) is 7.19. The molecule has 6 heteroatoms. The Morgan fingerprint density at radius 3 is 2.22 bits per heavy atom. The van der Waals surface area contributed by atoms with Gasteiger partial charge in [0.05, 0.1) is 12.2 Å². The maximum absolute atomic E-state index is 13.5. The van der Waals surface area contributed by atoms with Crippen LogP contribution in [0.3, 0.4) is 0 Å². The molecule has 3 nitrogen and oxygen atoms in total. The first-order chi connectivity index (χ1) is 10.9. The number of hydrogen-bond acceptors (Lipinski definition) is 3. The quantitative estimate of drug-likeness (QED) is 0.345. The first-order valence-electron chi connectivity index (χ1n) is 8.25. The van der Waals surface area contributed by atoms with E-state index in [0.29, 0.717) is 12.0 Å². The highest BCUT2D eigenvalue weighted by Gasteiger charge is 2.13. The molecule has 0 amide bonds. The molecule has 0 bridgehead atoms. The van der Waals surface area contributed by atoms with Gasteiger partial charge in [-0.05, 0) is 58.2 Å². The molecule has 0 unspecified atom stereocenters. The summed E-state index contributed by atoms with van der Waals surface area (Å²) in [5.74, 6) is -0.998. The molecule has 0 aliphatic carbocycles. The van der Waals surface area contributed by atoms with Crippen LogP contribution in [0, 0.1) is 11.6 Å². The Bertz CT molecular complexity index is 445. The van der Waals surface area contributed by atoms with Gasteiger partial charge in [-0.2, -0.15) is 0 Å². The second-order valence-corrected chi connectivity index (χ2v) is 7.52. The predicted octanol–water partition coefficient (Wildman–Crippen LogP) is 3.94. The summed E-state index contributed by atoms with van der Waals surface area (Å²) in [6.07, 6.45) is 2.54. The van der Waals surface area contributed by atoms with Crippen molar-refractivity contribution >= 4 is 9.76 Å². The van der Waals surface area contributed by atoms with Crippen molar-refractivity contribution in [1.82, 2.24) is 0 Å². The van der Waals surface area contributed by atoms with Gasteiger partial charge in [0.1, 0.15) is 11.6 Å². The lowest BCUT2D eigenvalue weighted by molar-refractivity contribution is -0.275. The molecule has 0 heterocycles. The SMILES string of the molecule is CC(C)OC(O[SiH2]CCCCc1ccc(F)cc1F)OC(C)C. The summed E-state index contributed by atoms with van der Waals surface area (Å²) in [5, 5.41) is 0. The third kappa shape index (κ3) is 9.15. The van der Waals surface area contributed by atoms with E-state index in [1.807, 2.05) is 27.7 Å². The lowest BCUT2D eigenvalue weighted by atomic mass is 10.1. The van der Waals surface area contributed by atoms with Gasteiger partial charge in [-0.1, -0.05) is 12.5 Å². The van der Waals surface area contributed by atoms with Crippen molar-refractivity contribution < 1.29 is 22.7 Å². The van der Waals surface area contributed by atoms with E-state index in [2.05, 4.69) is 0 Å². The van der Waals surface area contributed by atoms with Crippen LogP contribution in [0.4, 0.5) is 8.78 Å². The Hall–Kier alpha value is -0.823. The molecule has 1 aromatic carbocycles. The standard InChI is InChI=1S/C17H28F2O3Si/c1-12(2)20-17(21-13(3)4)22-23-10-6-5-7-14-8-9-15(18)11-16(14)19/h8-9,11-13,17H,5-7,10,23H2,1-4H3. The zero-order valence-corrected chi connectivity index (χ0v) is 15.9. The lowest BCUT2D eigenvalue weighted by Crippen LogP contribution is -2.28. The third-order valence-corrected chi connectivity index (χ3v) is 4.42. The molecular formula is C17H28F2O3Si. The highest BCUT2D eigenvalue weighted by molar-refractivity contribution is 6.27. The molecule has 0 aliphatic heterocycles. The van der Waals surface area contributed by atoms with Gasteiger partial charge in [0, 0.05) is 6.07 Å². The number of hydrogen-bond donors (Lipinski definition) is 0. The van der Waals surface area contributed by atoms with Crippen molar-refractivity contribution in [3.8, 4) is 0 Å². The molecule has 0 N–H and O–H groups in total. The van der Waals surface area contributed by atoms with Gasteiger partial charge in [0.2, 0.25) is 0 Å². The fourth-order valence-electron chi connectivity index (χ4n) is 2.05. The van der Waals surface area contributed by atoms with E-state index in [0.717, 1.165) is 25.0 Å². The molecule has 0 spiro atoms. The molecule has 132 valence electrons. The Balaban J connectivity index is 2.20. The zero-order chi connectivity index (χ0) is 17.2. The van der Waals surface area contributed by atoms with E-state index in [4.69, 9.17) is 13.9 Å². The van der Waals surface area contributed by atoms with E-state index < -0.39 is 27.9 Å². The Labute approximate surface area is 140 Å². The van der Waals surface area contributed by atoms with Crippen LogP contribution >= 0.6 is 0 Å². The van der Waals surface area contributed by atoms with E-state index in [1.165, 1.54) is 12.1 Å². The van der Waals surface area contributed by atoms with Gasteiger partial charge in [-0.3, -0.25) is 0 Å². The second kappa shape index (κ2) is 10.9. The summed E-state index contributed by atoms with van der Waals surface area (Å²) < 4.78 is 43.2. The van der Waals surface area contributed by atoms with Crippen molar-refractivity contribution in [2.24, 2.45) is 0 Å². The number of benzene rings is 1. The molecule has 1 aromatic rings. The van der Waals surface area contributed by atoms with Crippen molar-refractivity contribution in [1.29, 1.82) is 0 Å². The van der Waals surface area contributed by atoms with Crippen molar-refractivity contribution in [3.05, 3.63) is 35.4 Å². The molecule has 0 radical (unpaired) electrons. The van der Waals surface area contributed by atoms with Crippen LogP contribution in [0.1, 0.15) is 46.1 Å². The van der Waals surface area contributed by atoms with Crippen LogP contribution in [0.25, 0.3) is 0 Å². The van der Waals surface area contributed by atoms with Gasteiger partial charge in [0.15, 0.2) is 9.76 Å². The molecule has 0 atom stereocenters. The smallest absolute Gasteiger partial charge is 0.262 e. The summed E-state index contributed by atoms with van der Waals surface area (Å²) in [6, 6.07) is 4.72. The Morgan fingerprint density at radius 1 is 1.00 bits per heavy atom. The predicted molar refractivity (Wildman–Crippen MR) is 90.0 cm³/mol. The van der Waals surface area contributed by atoms with Gasteiger partial charge in [-0.25, -0.2) is 8.78 Å². The van der Waals surface area contributed by atoms with Crippen molar-refractivity contribution in [2.75, 3.05) is 0 Å². The van der Waals surface area contributed by atoms with Gasteiger partial charge < -0.3 is 13.9 Å². The van der Waals surface area contributed by atoms with Gasteiger partial charge in [-0.15, -0.1) is 0 Å². The molecule has 0 aromatic heterocycles. The fourth-order valence-corrected chi connectivity index (χ4v) is 3.13. The average Bonchev–Trinajstić information content (AvgIpc) is 2.43. The van der Waals surface area contributed by atoms with Crippen LogP contribution in [0.5, 0.6) is 0 Å².